The van der Waals surface area contributed by atoms with Gasteiger partial charge in [-0.2, -0.15) is 0 Å². The lowest BCUT2D eigenvalue weighted by atomic mass is 10.2. The number of piperazine rings is 1. The number of benzene rings is 1. The molecule has 0 amide bonds. The molecule has 22 heavy (non-hydrogen) atoms. The van der Waals surface area contributed by atoms with E-state index >= 15 is 0 Å². The second kappa shape index (κ2) is 6.58. The van der Waals surface area contributed by atoms with Gasteiger partial charge in [0, 0.05) is 52.5 Å². The van der Waals surface area contributed by atoms with E-state index in [-0.39, 0.29) is 5.82 Å². The van der Waals surface area contributed by atoms with Crippen LogP contribution in [0.1, 0.15) is 17.1 Å². The van der Waals surface area contributed by atoms with E-state index in [0.717, 1.165) is 50.7 Å². The zero-order valence-electron chi connectivity index (χ0n) is 13.3. The maximum atomic E-state index is 13.2. The highest BCUT2D eigenvalue weighted by Gasteiger charge is 2.18. The van der Waals surface area contributed by atoms with Crippen molar-refractivity contribution in [2.24, 2.45) is 7.05 Å². The van der Waals surface area contributed by atoms with Crippen LogP contribution in [0, 0.1) is 12.7 Å². The summed E-state index contributed by atoms with van der Waals surface area (Å²) in [6.45, 7) is 7.93. The summed E-state index contributed by atoms with van der Waals surface area (Å²) in [4.78, 5) is 9.20. The molecule has 0 N–H and O–H groups in total. The Balaban J connectivity index is 1.51. The highest BCUT2D eigenvalue weighted by molar-refractivity contribution is 5.16. The third kappa shape index (κ3) is 3.54. The minimum atomic E-state index is -0.150. The van der Waals surface area contributed by atoms with Crippen LogP contribution in [0.3, 0.4) is 0 Å². The van der Waals surface area contributed by atoms with Gasteiger partial charge < -0.3 is 4.57 Å². The number of imidazole rings is 1. The molecule has 0 aliphatic carbocycles. The Labute approximate surface area is 131 Å². The molecular formula is C17H23FN4. The molecule has 118 valence electrons. The highest BCUT2D eigenvalue weighted by atomic mass is 19.1. The van der Waals surface area contributed by atoms with E-state index < -0.39 is 0 Å². The molecule has 2 heterocycles. The standard InChI is InChI=1S/C17H23FN4/c1-14-19-11-17(20(14)2)13-22-8-6-21(7-9-22)12-15-4-3-5-16(18)10-15/h3-5,10-11H,6-9,12-13H2,1-2H3. The summed E-state index contributed by atoms with van der Waals surface area (Å²) in [5, 5.41) is 0. The van der Waals surface area contributed by atoms with Crippen LogP contribution in [0.2, 0.25) is 0 Å². The Morgan fingerprint density at radius 2 is 1.77 bits per heavy atom. The molecule has 1 aromatic heterocycles. The molecule has 1 fully saturated rings. The molecular weight excluding hydrogens is 279 g/mol. The zero-order chi connectivity index (χ0) is 15.5. The number of rotatable bonds is 4. The second-order valence-electron chi connectivity index (χ2n) is 6.04. The first kappa shape index (κ1) is 15.2. The van der Waals surface area contributed by atoms with Gasteiger partial charge in [0.05, 0.1) is 5.69 Å². The molecule has 2 aromatic rings. The molecule has 0 spiro atoms. The predicted molar refractivity (Wildman–Crippen MR) is 84.9 cm³/mol. The number of nitrogens with zero attached hydrogens (tertiary/aromatic N) is 4. The van der Waals surface area contributed by atoms with Crippen LogP contribution in [0.5, 0.6) is 0 Å². The normalized spacial score (nSPS) is 17.0. The summed E-state index contributed by atoms with van der Waals surface area (Å²) in [7, 11) is 2.07. The van der Waals surface area contributed by atoms with E-state index in [0.29, 0.717) is 0 Å². The fourth-order valence-electron chi connectivity index (χ4n) is 2.92. The van der Waals surface area contributed by atoms with E-state index in [1.807, 2.05) is 19.2 Å². The minimum Gasteiger partial charge on any atom is -0.334 e. The largest absolute Gasteiger partial charge is 0.334 e. The van der Waals surface area contributed by atoms with Crippen molar-refractivity contribution in [3.05, 3.63) is 53.4 Å². The van der Waals surface area contributed by atoms with Crippen molar-refractivity contribution >= 4 is 0 Å². The quantitative estimate of drug-likeness (QED) is 0.865. The molecule has 1 aliphatic rings. The number of aromatic nitrogens is 2. The van der Waals surface area contributed by atoms with Gasteiger partial charge in [-0.3, -0.25) is 9.80 Å². The summed E-state index contributed by atoms with van der Waals surface area (Å²) in [5.74, 6) is 0.905. The maximum absolute atomic E-state index is 13.2. The van der Waals surface area contributed by atoms with Crippen molar-refractivity contribution in [2.75, 3.05) is 26.2 Å². The third-order valence-electron chi connectivity index (χ3n) is 4.46. The summed E-state index contributed by atoms with van der Waals surface area (Å²) in [6.07, 6.45) is 1.97. The number of hydrogen-bond acceptors (Lipinski definition) is 3. The summed E-state index contributed by atoms with van der Waals surface area (Å²) < 4.78 is 15.4. The molecule has 0 unspecified atom stereocenters. The maximum Gasteiger partial charge on any atom is 0.123 e. The minimum absolute atomic E-state index is 0.150. The van der Waals surface area contributed by atoms with Gasteiger partial charge >= 0.3 is 0 Å². The molecule has 4 nitrogen and oxygen atoms in total. The molecule has 0 saturated carbocycles. The van der Waals surface area contributed by atoms with Gasteiger partial charge in [-0.1, -0.05) is 12.1 Å². The van der Waals surface area contributed by atoms with Gasteiger partial charge in [-0.05, 0) is 24.6 Å². The lowest BCUT2D eigenvalue weighted by Crippen LogP contribution is -2.45. The molecule has 1 aromatic carbocycles. The molecule has 1 aliphatic heterocycles. The Hall–Kier alpha value is -1.72. The van der Waals surface area contributed by atoms with Gasteiger partial charge in [-0.15, -0.1) is 0 Å². The Morgan fingerprint density at radius 3 is 2.36 bits per heavy atom. The average molecular weight is 302 g/mol. The molecule has 1 saturated heterocycles. The predicted octanol–water partition coefficient (Wildman–Crippen LogP) is 2.19. The molecule has 0 bridgehead atoms. The van der Waals surface area contributed by atoms with Crippen molar-refractivity contribution in [1.29, 1.82) is 0 Å². The summed E-state index contributed by atoms with van der Waals surface area (Å²) >= 11 is 0. The smallest absolute Gasteiger partial charge is 0.123 e. The van der Waals surface area contributed by atoms with E-state index in [1.165, 1.54) is 11.8 Å². The van der Waals surface area contributed by atoms with Gasteiger partial charge in [0.25, 0.3) is 0 Å². The van der Waals surface area contributed by atoms with Crippen molar-refractivity contribution in [1.82, 2.24) is 19.4 Å². The first-order chi connectivity index (χ1) is 10.6. The van der Waals surface area contributed by atoms with Crippen molar-refractivity contribution in [2.45, 2.75) is 20.0 Å². The zero-order valence-corrected chi connectivity index (χ0v) is 13.3. The summed E-state index contributed by atoms with van der Waals surface area (Å²) in [5.41, 5.74) is 2.31. The first-order valence-corrected chi connectivity index (χ1v) is 7.78. The van der Waals surface area contributed by atoms with Gasteiger partial charge in [-0.25, -0.2) is 9.37 Å². The topological polar surface area (TPSA) is 24.3 Å². The van der Waals surface area contributed by atoms with Gasteiger partial charge in [0.15, 0.2) is 0 Å². The fourth-order valence-corrected chi connectivity index (χ4v) is 2.92. The van der Waals surface area contributed by atoms with Crippen molar-refractivity contribution in [3.63, 3.8) is 0 Å². The van der Waals surface area contributed by atoms with Crippen LogP contribution < -0.4 is 0 Å². The Morgan fingerprint density at radius 1 is 1.09 bits per heavy atom. The second-order valence-corrected chi connectivity index (χ2v) is 6.04. The molecule has 0 atom stereocenters. The van der Waals surface area contributed by atoms with E-state index in [2.05, 4.69) is 26.4 Å². The third-order valence-corrected chi connectivity index (χ3v) is 4.46. The Bertz CT molecular complexity index is 629. The van der Waals surface area contributed by atoms with Crippen LogP contribution in [0.15, 0.2) is 30.5 Å². The van der Waals surface area contributed by atoms with Crippen LogP contribution >= 0.6 is 0 Å². The first-order valence-electron chi connectivity index (χ1n) is 7.78. The highest BCUT2D eigenvalue weighted by Crippen LogP contribution is 2.12. The molecule has 5 heteroatoms. The summed E-state index contributed by atoms with van der Waals surface area (Å²) in [6, 6.07) is 6.90. The van der Waals surface area contributed by atoms with E-state index in [4.69, 9.17) is 0 Å². The van der Waals surface area contributed by atoms with Crippen molar-refractivity contribution in [3.8, 4) is 0 Å². The average Bonchev–Trinajstić information content (AvgIpc) is 2.81. The lowest BCUT2D eigenvalue weighted by Gasteiger charge is -2.34. The Kier molecular flexibility index (Phi) is 4.55. The van der Waals surface area contributed by atoms with Crippen LogP contribution in [-0.4, -0.2) is 45.5 Å². The molecule has 0 radical (unpaired) electrons. The molecule has 3 rings (SSSR count). The SMILES string of the molecule is Cc1ncc(CN2CCN(Cc3cccc(F)c3)CC2)n1C. The monoisotopic (exact) mass is 302 g/mol. The number of halogens is 1. The van der Waals surface area contributed by atoms with Crippen LogP contribution in [-0.2, 0) is 20.1 Å². The van der Waals surface area contributed by atoms with Crippen LogP contribution in [0.25, 0.3) is 0 Å². The van der Waals surface area contributed by atoms with Crippen LogP contribution in [0.4, 0.5) is 4.39 Å². The van der Waals surface area contributed by atoms with E-state index in [9.17, 15) is 4.39 Å². The van der Waals surface area contributed by atoms with Crippen molar-refractivity contribution < 1.29 is 4.39 Å². The number of aryl methyl sites for hydroxylation is 1. The van der Waals surface area contributed by atoms with Gasteiger partial charge in [0.2, 0.25) is 0 Å². The van der Waals surface area contributed by atoms with E-state index in [1.54, 1.807) is 12.1 Å². The fraction of sp³-hybridized carbons (Fsp3) is 0.471. The number of hydrogen-bond donors (Lipinski definition) is 0. The van der Waals surface area contributed by atoms with Gasteiger partial charge in [0.1, 0.15) is 11.6 Å². The lowest BCUT2D eigenvalue weighted by molar-refractivity contribution is 0.120.